The van der Waals surface area contributed by atoms with Gasteiger partial charge in [0.25, 0.3) is 5.91 Å². The quantitative estimate of drug-likeness (QED) is 0.845. The predicted molar refractivity (Wildman–Crippen MR) is 85.3 cm³/mol. The van der Waals surface area contributed by atoms with Crippen molar-refractivity contribution in [2.75, 3.05) is 13.1 Å². The molecular formula is C17H23N3O. The van der Waals surface area contributed by atoms with Gasteiger partial charge in [-0.05, 0) is 45.4 Å². The summed E-state index contributed by atoms with van der Waals surface area (Å²) in [5.74, 6) is 0.0855. The predicted octanol–water partition coefficient (Wildman–Crippen LogP) is 3.36. The number of rotatable bonds is 5. The van der Waals surface area contributed by atoms with E-state index in [1.807, 2.05) is 53.9 Å². The van der Waals surface area contributed by atoms with Crippen LogP contribution in [0.3, 0.4) is 0 Å². The molecule has 1 amide bonds. The van der Waals surface area contributed by atoms with Crippen molar-refractivity contribution in [1.82, 2.24) is 14.7 Å². The first kappa shape index (κ1) is 15.3. The van der Waals surface area contributed by atoms with Crippen LogP contribution in [0.2, 0.25) is 0 Å². The molecule has 0 saturated heterocycles. The van der Waals surface area contributed by atoms with Crippen molar-refractivity contribution < 1.29 is 4.79 Å². The Hall–Kier alpha value is -2.10. The zero-order valence-corrected chi connectivity index (χ0v) is 13.3. The summed E-state index contributed by atoms with van der Waals surface area (Å²) in [6, 6.07) is 7.81. The molecule has 0 atom stereocenters. The van der Waals surface area contributed by atoms with Crippen molar-refractivity contribution in [1.29, 1.82) is 0 Å². The molecule has 0 radical (unpaired) electrons. The molecule has 0 saturated carbocycles. The van der Waals surface area contributed by atoms with Gasteiger partial charge in [-0.15, -0.1) is 0 Å². The summed E-state index contributed by atoms with van der Waals surface area (Å²) in [7, 11) is 0. The molecule has 0 fully saturated rings. The normalized spacial score (nSPS) is 10.7. The Labute approximate surface area is 126 Å². The molecule has 0 aliphatic rings. The van der Waals surface area contributed by atoms with Gasteiger partial charge in [-0.2, -0.15) is 5.10 Å². The van der Waals surface area contributed by atoms with E-state index in [0.29, 0.717) is 0 Å². The number of hydrogen-bond donors (Lipinski definition) is 0. The summed E-state index contributed by atoms with van der Waals surface area (Å²) >= 11 is 0. The number of aryl methyl sites for hydroxylation is 1. The molecule has 21 heavy (non-hydrogen) atoms. The zero-order chi connectivity index (χ0) is 15.4. The summed E-state index contributed by atoms with van der Waals surface area (Å²) in [6.45, 7) is 10.4. The van der Waals surface area contributed by atoms with Crippen LogP contribution in [0.5, 0.6) is 0 Å². The molecule has 4 heteroatoms. The average Bonchev–Trinajstić information content (AvgIpc) is 2.89. The van der Waals surface area contributed by atoms with Crippen molar-refractivity contribution in [2.24, 2.45) is 0 Å². The summed E-state index contributed by atoms with van der Waals surface area (Å²) in [6.07, 6.45) is 1.87. The molecule has 4 nitrogen and oxygen atoms in total. The lowest BCUT2D eigenvalue weighted by atomic mass is 10.0. The topological polar surface area (TPSA) is 38.1 Å². The summed E-state index contributed by atoms with van der Waals surface area (Å²) in [5.41, 5.74) is 4.00. The Morgan fingerprint density at radius 1 is 1.24 bits per heavy atom. The van der Waals surface area contributed by atoms with E-state index in [0.717, 1.165) is 42.0 Å². The first-order chi connectivity index (χ1) is 10.1. The second kappa shape index (κ2) is 6.57. The van der Waals surface area contributed by atoms with Crippen molar-refractivity contribution in [3.8, 4) is 11.1 Å². The van der Waals surface area contributed by atoms with Crippen molar-refractivity contribution >= 4 is 5.91 Å². The number of hydrogen-bond acceptors (Lipinski definition) is 2. The second-order valence-electron chi connectivity index (χ2n) is 5.02. The maximum Gasteiger partial charge on any atom is 0.253 e. The van der Waals surface area contributed by atoms with E-state index in [2.05, 4.69) is 18.9 Å². The molecule has 112 valence electrons. The number of carbonyl (C=O) groups is 1. The van der Waals surface area contributed by atoms with Crippen LogP contribution in [0, 0.1) is 6.92 Å². The molecule has 0 aliphatic carbocycles. The third-order valence-corrected chi connectivity index (χ3v) is 3.87. The van der Waals surface area contributed by atoms with Gasteiger partial charge < -0.3 is 4.90 Å². The van der Waals surface area contributed by atoms with Crippen LogP contribution in [-0.4, -0.2) is 33.7 Å². The number of aromatic nitrogens is 2. The molecule has 0 unspecified atom stereocenters. The maximum atomic E-state index is 12.4. The van der Waals surface area contributed by atoms with E-state index >= 15 is 0 Å². The van der Waals surface area contributed by atoms with Crippen LogP contribution in [0.4, 0.5) is 0 Å². The molecule has 0 spiro atoms. The summed E-state index contributed by atoms with van der Waals surface area (Å²) < 4.78 is 1.97. The van der Waals surface area contributed by atoms with Gasteiger partial charge in [0, 0.05) is 36.5 Å². The van der Waals surface area contributed by atoms with E-state index in [-0.39, 0.29) is 5.91 Å². The van der Waals surface area contributed by atoms with Crippen LogP contribution in [0.25, 0.3) is 11.1 Å². The monoisotopic (exact) mass is 285 g/mol. The van der Waals surface area contributed by atoms with Gasteiger partial charge in [0.2, 0.25) is 0 Å². The SMILES string of the molecule is CCN(CC)C(=O)c1cccc(-c2cnn(CC)c2C)c1. The Balaban J connectivity index is 2.37. The molecule has 1 aromatic carbocycles. The largest absolute Gasteiger partial charge is 0.339 e. The highest BCUT2D eigenvalue weighted by molar-refractivity contribution is 5.95. The molecule has 2 aromatic rings. The standard InChI is InChI=1S/C17H23N3O/c1-5-19(6-2)17(21)15-10-8-9-14(11-15)16-12-18-20(7-3)13(16)4/h8-12H,5-7H2,1-4H3. The lowest BCUT2D eigenvalue weighted by molar-refractivity contribution is 0.0773. The fourth-order valence-corrected chi connectivity index (χ4v) is 2.56. The Bertz CT molecular complexity index is 627. The third kappa shape index (κ3) is 2.99. The smallest absolute Gasteiger partial charge is 0.253 e. The van der Waals surface area contributed by atoms with Crippen molar-refractivity contribution in [2.45, 2.75) is 34.2 Å². The van der Waals surface area contributed by atoms with E-state index in [1.165, 1.54) is 0 Å². The fourth-order valence-electron chi connectivity index (χ4n) is 2.56. The highest BCUT2D eigenvalue weighted by Gasteiger charge is 2.14. The Morgan fingerprint density at radius 3 is 2.52 bits per heavy atom. The van der Waals surface area contributed by atoms with Crippen LogP contribution < -0.4 is 0 Å². The minimum absolute atomic E-state index is 0.0855. The Kier molecular flexibility index (Phi) is 4.78. The fraction of sp³-hybridized carbons (Fsp3) is 0.412. The van der Waals surface area contributed by atoms with Crippen LogP contribution in [0.1, 0.15) is 36.8 Å². The number of benzene rings is 1. The highest BCUT2D eigenvalue weighted by atomic mass is 16.2. The van der Waals surface area contributed by atoms with E-state index in [4.69, 9.17) is 0 Å². The third-order valence-electron chi connectivity index (χ3n) is 3.87. The lowest BCUT2D eigenvalue weighted by Gasteiger charge is -2.18. The van der Waals surface area contributed by atoms with Crippen molar-refractivity contribution in [3.63, 3.8) is 0 Å². The number of amides is 1. The average molecular weight is 285 g/mol. The second-order valence-corrected chi connectivity index (χ2v) is 5.02. The summed E-state index contributed by atoms with van der Waals surface area (Å²) in [5, 5.41) is 4.37. The van der Waals surface area contributed by atoms with Crippen LogP contribution in [-0.2, 0) is 6.54 Å². The zero-order valence-electron chi connectivity index (χ0n) is 13.3. The van der Waals surface area contributed by atoms with E-state index in [1.54, 1.807) is 0 Å². The van der Waals surface area contributed by atoms with Gasteiger partial charge >= 0.3 is 0 Å². The molecule has 0 bridgehead atoms. The minimum atomic E-state index is 0.0855. The van der Waals surface area contributed by atoms with E-state index in [9.17, 15) is 4.79 Å². The maximum absolute atomic E-state index is 12.4. The van der Waals surface area contributed by atoms with Gasteiger partial charge in [0.05, 0.1) is 6.20 Å². The van der Waals surface area contributed by atoms with Crippen LogP contribution in [0.15, 0.2) is 30.5 Å². The van der Waals surface area contributed by atoms with E-state index < -0.39 is 0 Å². The van der Waals surface area contributed by atoms with Gasteiger partial charge in [0.15, 0.2) is 0 Å². The minimum Gasteiger partial charge on any atom is -0.339 e. The molecule has 0 aliphatic heterocycles. The first-order valence-electron chi connectivity index (χ1n) is 7.54. The van der Waals surface area contributed by atoms with Gasteiger partial charge in [-0.3, -0.25) is 9.48 Å². The molecule has 1 heterocycles. The molecule has 1 aromatic heterocycles. The molecule has 0 N–H and O–H groups in total. The number of nitrogens with zero attached hydrogens (tertiary/aromatic N) is 3. The summed E-state index contributed by atoms with van der Waals surface area (Å²) in [4.78, 5) is 14.3. The molecule has 2 rings (SSSR count). The number of carbonyl (C=O) groups excluding carboxylic acids is 1. The van der Waals surface area contributed by atoms with Gasteiger partial charge in [-0.1, -0.05) is 12.1 Å². The van der Waals surface area contributed by atoms with Crippen molar-refractivity contribution in [3.05, 3.63) is 41.7 Å². The Morgan fingerprint density at radius 2 is 1.95 bits per heavy atom. The van der Waals surface area contributed by atoms with Gasteiger partial charge in [-0.25, -0.2) is 0 Å². The van der Waals surface area contributed by atoms with Crippen LogP contribution >= 0.6 is 0 Å². The van der Waals surface area contributed by atoms with Gasteiger partial charge in [0.1, 0.15) is 0 Å². The highest BCUT2D eigenvalue weighted by Crippen LogP contribution is 2.24. The first-order valence-corrected chi connectivity index (χ1v) is 7.54. The lowest BCUT2D eigenvalue weighted by Crippen LogP contribution is -2.30. The molecular weight excluding hydrogens is 262 g/mol.